The molecule has 1 saturated heterocycles. The van der Waals surface area contributed by atoms with Gasteiger partial charge in [-0.2, -0.15) is 10.1 Å². The van der Waals surface area contributed by atoms with Gasteiger partial charge in [-0.15, -0.1) is 12.4 Å². The van der Waals surface area contributed by atoms with E-state index in [1.165, 1.54) is 5.56 Å². The number of nitrogens with zero attached hydrogens (tertiary/aromatic N) is 5. The third kappa shape index (κ3) is 6.12. The third-order valence-corrected chi connectivity index (χ3v) is 7.12. The molecule has 1 saturated carbocycles. The first kappa shape index (κ1) is 25.8. The SMILES string of the molecule is CCCCNc1ncc2c(-c3ccc(CN4CCNCC4)cc3)nn(C3CCC(O)CC3)c2n1.Cl. The van der Waals surface area contributed by atoms with Crippen LogP contribution < -0.4 is 10.6 Å². The number of anilines is 1. The Morgan fingerprint density at radius 3 is 2.54 bits per heavy atom. The second-order valence-electron chi connectivity index (χ2n) is 9.69. The summed E-state index contributed by atoms with van der Waals surface area (Å²) in [5.74, 6) is 0.663. The molecule has 3 N–H and O–H groups in total. The molecule has 1 aliphatic heterocycles. The highest BCUT2D eigenvalue weighted by atomic mass is 35.5. The quantitative estimate of drug-likeness (QED) is 0.403. The highest BCUT2D eigenvalue weighted by Crippen LogP contribution is 2.34. The maximum absolute atomic E-state index is 10.0. The van der Waals surface area contributed by atoms with Gasteiger partial charge in [0.25, 0.3) is 0 Å². The number of halogens is 1. The molecule has 9 heteroatoms. The zero-order chi connectivity index (χ0) is 23.3. The van der Waals surface area contributed by atoms with Crippen molar-refractivity contribution in [3.63, 3.8) is 0 Å². The number of benzene rings is 1. The van der Waals surface area contributed by atoms with E-state index >= 15 is 0 Å². The van der Waals surface area contributed by atoms with Crippen LogP contribution in [0.15, 0.2) is 30.5 Å². The fraction of sp³-hybridized carbons (Fsp3) is 0.577. The van der Waals surface area contributed by atoms with E-state index in [-0.39, 0.29) is 24.6 Å². The molecule has 2 aliphatic rings. The van der Waals surface area contributed by atoms with Gasteiger partial charge in [0, 0.05) is 51.0 Å². The van der Waals surface area contributed by atoms with E-state index in [9.17, 15) is 5.11 Å². The van der Waals surface area contributed by atoms with Crippen molar-refractivity contribution < 1.29 is 5.11 Å². The lowest BCUT2D eigenvalue weighted by Gasteiger charge is -2.27. The molecular formula is C26H38ClN7O. The van der Waals surface area contributed by atoms with E-state index in [4.69, 9.17) is 10.1 Å². The number of unbranched alkanes of at least 4 members (excludes halogenated alkanes) is 1. The zero-order valence-corrected chi connectivity index (χ0v) is 21.4. The van der Waals surface area contributed by atoms with Crippen LogP contribution in [0.3, 0.4) is 0 Å². The van der Waals surface area contributed by atoms with E-state index in [0.29, 0.717) is 5.95 Å². The van der Waals surface area contributed by atoms with Crippen LogP contribution in [-0.4, -0.2) is 68.6 Å². The van der Waals surface area contributed by atoms with Crippen LogP contribution in [0.4, 0.5) is 5.95 Å². The standard InChI is InChI=1S/C26H37N7O.ClH/c1-2-3-12-28-26-29-17-23-24(31-33(25(23)30-26)21-8-10-22(34)11-9-21)20-6-4-19(5-7-20)18-32-15-13-27-14-16-32;/h4-7,17,21-22,27,34H,2-3,8-16,18H2,1H3,(H,28,29,30);1H. The predicted molar refractivity (Wildman–Crippen MR) is 143 cm³/mol. The minimum atomic E-state index is -0.193. The van der Waals surface area contributed by atoms with E-state index in [1.54, 1.807) is 0 Å². The first-order valence-electron chi connectivity index (χ1n) is 12.9. The average molecular weight is 500 g/mol. The van der Waals surface area contributed by atoms with Crippen molar-refractivity contribution in [2.75, 3.05) is 38.0 Å². The number of fused-ring (bicyclic) bond motifs is 1. The molecule has 3 aromatic rings. The lowest BCUT2D eigenvalue weighted by molar-refractivity contribution is 0.109. The molecule has 0 radical (unpaired) electrons. The Morgan fingerprint density at radius 2 is 1.83 bits per heavy atom. The highest BCUT2D eigenvalue weighted by Gasteiger charge is 2.25. The molecular weight excluding hydrogens is 462 g/mol. The van der Waals surface area contributed by atoms with E-state index < -0.39 is 0 Å². The zero-order valence-electron chi connectivity index (χ0n) is 20.6. The van der Waals surface area contributed by atoms with Crippen LogP contribution in [0.5, 0.6) is 0 Å². The number of hydrogen-bond acceptors (Lipinski definition) is 7. The number of nitrogens with one attached hydrogen (secondary N) is 2. The van der Waals surface area contributed by atoms with Crippen LogP contribution in [0.2, 0.25) is 0 Å². The Balaban J connectivity index is 0.00000289. The number of aromatic nitrogens is 4. The molecule has 2 fully saturated rings. The smallest absolute Gasteiger partial charge is 0.224 e. The van der Waals surface area contributed by atoms with E-state index in [2.05, 4.69) is 56.4 Å². The molecule has 0 spiro atoms. The van der Waals surface area contributed by atoms with Gasteiger partial charge < -0.3 is 15.7 Å². The van der Waals surface area contributed by atoms with Crippen molar-refractivity contribution in [1.29, 1.82) is 0 Å². The van der Waals surface area contributed by atoms with Crippen molar-refractivity contribution in [1.82, 2.24) is 30.0 Å². The maximum atomic E-state index is 10.0. The van der Waals surface area contributed by atoms with Crippen LogP contribution in [-0.2, 0) is 6.54 Å². The van der Waals surface area contributed by atoms with Gasteiger partial charge in [0.15, 0.2) is 5.65 Å². The molecule has 0 bridgehead atoms. The normalized spacial score (nSPS) is 21.1. The molecule has 3 heterocycles. The summed E-state index contributed by atoms with van der Waals surface area (Å²) in [5.41, 5.74) is 4.25. The summed E-state index contributed by atoms with van der Waals surface area (Å²) in [7, 11) is 0. The Bertz CT molecular complexity index is 1070. The molecule has 35 heavy (non-hydrogen) atoms. The van der Waals surface area contributed by atoms with Crippen LogP contribution in [0, 0.1) is 0 Å². The number of aliphatic hydroxyl groups excluding tert-OH is 1. The van der Waals surface area contributed by atoms with Crippen molar-refractivity contribution in [2.45, 2.75) is 64.1 Å². The largest absolute Gasteiger partial charge is 0.393 e. The molecule has 2 aromatic heterocycles. The maximum Gasteiger partial charge on any atom is 0.224 e. The average Bonchev–Trinajstić information content (AvgIpc) is 3.25. The number of rotatable bonds is 8. The van der Waals surface area contributed by atoms with Gasteiger partial charge in [-0.3, -0.25) is 4.90 Å². The van der Waals surface area contributed by atoms with Crippen molar-refractivity contribution in [3.8, 4) is 11.3 Å². The molecule has 5 rings (SSSR count). The topological polar surface area (TPSA) is 91.1 Å². The van der Waals surface area contributed by atoms with Gasteiger partial charge in [-0.1, -0.05) is 37.6 Å². The summed E-state index contributed by atoms with van der Waals surface area (Å²) in [6, 6.07) is 9.06. The summed E-state index contributed by atoms with van der Waals surface area (Å²) in [4.78, 5) is 12.0. The molecule has 1 aromatic carbocycles. The molecule has 0 unspecified atom stereocenters. The van der Waals surface area contributed by atoms with Crippen molar-refractivity contribution in [3.05, 3.63) is 36.0 Å². The monoisotopic (exact) mass is 499 g/mol. The van der Waals surface area contributed by atoms with Gasteiger partial charge >= 0.3 is 0 Å². The summed E-state index contributed by atoms with van der Waals surface area (Å²) in [5, 5.41) is 22.8. The molecule has 1 aliphatic carbocycles. The second-order valence-corrected chi connectivity index (χ2v) is 9.69. The molecule has 0 amide bonds. The minimum absolute atomic E-state index is 0. The van der Waals surface area contributed by atoms with Gasteiger partial charge in [0.05, 0.1) is 17.5 Å². The molecule has 8 nitrogen and oxygen atoms in total. The van der Waals surface area contributed by atoms with Gasteiger partial charge in [-0.25, -0.2) is 9.67 Å². The van der Waals surface area contributed by atoms with Crippen molar-refractivity contribution >= 4 is 29.4 Å². The summed E-state index contributed by atoms with van der Waals surface area (Å²) >= 11 is 0. The highest BCUT2D eigenvalue weighted by molar-refractivity contribution is 5.91. The fourth-order valence-corrected chi connectivity index (χ4v) is 5.05. The lowest BCUT2D eigenvalue weighted by Crippen LogP contribution is -2.42. The van der Waals surface area contributed by atoms with Crippen LogP contribution in [0.25, 0.3) is 22.3 Å². The molecule has 0 atom stereocenters. The lowest BCUT2D eigenvalue weighted by atomic mass is 9.93. The predicted octanol–water partition coefficient (Wildman–Crippen LogP) is 4.01. The summed E-state index contributed by atoms with van der Waals surface area (Å²) < 4.78 is 2.10. The van der Waals surface area contributed by atoms with Gasteiger partial charge in [0.2, 0.25) is 5.95 Å². The van der Waals surface area contributed by atoms with E-state index in [1.807, 2.05) is 6.20 Å². The fourth-order valence-electron chi connectivity index (χ4n) is 5.05. The Hall–Kier alpha value is -2.26. The van der Waals surface area contributed by atoms with Crippen LogP contribution >= 0.6 is 12.4 Å². The first-order chi connectivity index (χ1) is 16.7. The number of piperazine rings is 1. The number of hydrogen-bond donors (Lipinski definition) is 3. The Morgan fingerprint density at radius 1 is 1.09 bits per heavy atom. The Labute approximate surface area is 213 Å². The van der Waals surface area contributed by atoms with Gasteiger partial charge in [0.1, 0.15) is 5.69 Å². The minimum Gasteiger partial charge on any atom is -0.393 e. The third-order valence-electron chi connectivity index (χ3n) is 7.12. The number of aliphatic hydroxyl groups is 1. The Kier molecular flexibility index (Phi) is 8.94. The summed E-state index contributed by atoms with van der Waals surface area (Å²) in [6.45, 7) is 8.35. The van der Waals surface area contributed by atoms with E-state index in [0.717, 1.165) is 100 Å². The van der Waals surface area contributed by atoms with Crippen molar-refractivity contribution in [2.24, 2.45) is 0 Å². The second kappa shape index (κ2) is 12.1. The molecule has 190 valence electrons. The van der Waals surface area contributed by atoms with Gasteiger partial charge in [-0.05, 0) is 37.7 Å². The van der Waals surface area contributed by atoms with Crippen LogP contribution in [0.1, 0.15) is 57.1 Å². The summed E-state index contributed by atoms with van der Waals surface area (Å²) in [6.07, 6.45) is 7.42. The first-order valence-corrected chi connectivity index (χ1v) is 12.9.